The summed E-state index contributed by atoms with van der Waals surface area (Å²) in [7, 11) is 1.72. The Morgan fingerprint density at radius 1 is 1.60 bits per heavy atom. The molecule has 1 saturated heterocycles. The van der Waals surface area contributed by atoms with Crippen LogP contribution in [-0.2, 0) is 4.74 Å². The lowest BCUT2D eigenvalue weighted by molar-refractivity contribution is 0.0961. The van der Waals surface area contributed by atoms with Gasteiger partial charge >= 0.3 is 0 Å². The van der Waals surface area contributed by atoms with E-state index in [2.05, 4.69) is 4.90 Å². The summed E-state index contributed by atoms with van der Waals surface area (Å²) in [6.45, 7) is 3.95. The first kappa shape index (κ1) is 10.2. The van der Waals surface area contributed by atoms with Crippen molar-refractivity contribution in [1.82, 2.24) is 4.90 Å². The lowest BCUT2D eigenvalue weighted by atomic mass is 10.1. The molecule has 0 aliphatic carbocycles. The van der Waals surface area contributed by atoms with Gasteiger partial charge < -0.3 is 10.5 Å². The number of nitrogens with zero attached hydrogens (tertiary/aromatic N) is 1. The Balaban J connectivity index is 0.000000810. The SMILES string of the molecule is COCCN1CC(N)C1.Cl. The largest absolute Gasteiger partial charge is 0.383 e. The maximum Gasteiger partial charge on any atom is 0.0589 e. The standard InChI is InChI=1S/C6H14N2O.ClH/c1-9-3-2-8-4-6(7)5-8;/h6H,2-5,7H2,1H3;1H. The minimum atomic E-state index is 0. The first-order valence-corrected chi connectivity index (χ1v) is 3.30. The summed E-state index contributed by atoms with van der Waals surface area (Å²) in [5.41, 5.74) is 5.56. The van der Waals surface area contributed by atoms with E-state index in [4.69, 9.17) is 10.5 Å². The number of hydrogen-bond acceptors (Lipinski definition) is 3. The van der Waals surface area contributed by atoms with Crippen LogP contribution in [0.5, 0.6) is 0 Å². The Hall–Kier alpha value is 0.170. The van der Waals surface area contributed by atoms with Crippen LogP contribution in [0.4, 0.5) is 0 Å². The second-order valence-electron chi connectivity index (χ2n) is 2.51. The monoisotopic (exact) mass is 166 g/mol. The van der Waals surface area contributed by atoms with Gasteiger partial charge in [0.2, 0.25) is 0 Å². The fourth-order valence-corrected chi connectivity index (χ4v) is 1.01. The van der Waals surface area contributed by atoms with Gasteiger partial charge in [0.05, 0.1) is 6.61 Å². The second kappa shape index (κ2) is 4.91. The number of likely N-dealkylation sites (tertiary alicyclic amines) is 1. The fraction of sp³-hybridized carbons (Fsp3) is 1.00. The zero-order valence-corrected chi connectivity index (χ0v) is 7.06. The summed E-state index contributed by atoms with van der Waals surface area (Å²) < 4.78 is 4.90. The van der Waals surface area contributed by atoms with E-state index in [9.17, 15) is 0 Å². The first-order chi connectivity index (χ1) is 4.33. The molecule has 0 atom stereocenters. The topological polar surface area (TPSA) is 38.5 Å². The molecule has 1 aliphatic rings. The van der Waals surface area contributed by atoms with Crippen LogP contribution in [0.25, 0.3) is 0 Å². The number of methoxy groups -OCH3 is 1. The van der Waals surface area contributed by atoms with Crippen LogP contribution in [0.15, 0.2) is 0 Å². The van der Waals surface area contributed by atoms with E-state index in [0.29, 0.717) is 6.04 Å². The lowest BCUT2D eigenvalue weighted by Crippen LogP contribution is -2.56. The minimum absolute atomic E-state index is 0. The Morgan fingerprint density at radius 3 is 2.60 bits per heavy atom. The smallest absolute Gasteiger partial charge is 0.0589 e. The van der Waals surface area contributed by atoms with Crippen molar-refractivity contribution in [2.75, 3.05) is 33.4 Å². The van der Waals surface area contributed by atoms with Crippen LogP contribution in [0.3, 0.4) is 0 Å². The summed E-state index contributed by atoms with van der Waals surface area (Å²) >= 11 is 0. The van der Waals surface area contributed by atoms with E-state index >= 15 is 0 Å². The summed E-state index contributed by atoms with van der Waals surface area (Å²) in [5.74, 6) is 0. The molecule has 0 spiro atoms. The van der Waals surface area contributed by atoms with Crippen molar-refractivity contribution in [2.45, 2.75) is 6.04 Å². The van der Waals surface area contributed by atoms with Gasteiger partial charge in [0.15, 0.2) is 0 Å². The minimum Gasteiger partial charge on any atom is -0.383 e. The third kappa shape index (κ3) is 2.84. The van der Waals surface area contributed by atoms with Crippen LogP contribution in [-0.4, -0.2) is 44.3 Å². The maximum absolute atomic E-state index is 5.56. The highest BCUT2D eigenvalue weighted by molar-refractivity contribution is 5.85. The Bertz CT molecular complexity index is 85.8. The molecule has 4 heteroatoms. The molecule has 3 nitrogen and oxygen atoms in total. The molecule has 0 aromatic carbocycles. The highest BCUT2D eigenvalue weighted by atomic mass is 35.5. The molecular formula is C6H15ClN2O. The van der Waals surface area contributed by atoms with Gasteiger partial charge in [0.25, 0.3) is 0 Å². The predicted molar refractivity (Wildman–Crippen MR) is 43.5 cm³/mol. The van der Waals surface area contributed by atoms with Gasteiger partial charge in [-0.05, 0) is 0 Å². The average molecular weight is 167 g/mol. The first-order valence-electron chi connectivity index (χ1n) is 3.30. The molecule has 62 valence electrons. The molecule has 2 N–H and O–H groups in total. The third-order valence-electron chi connectivity index (χ3n) is 1.60. The highest BCUT2D eigenvalue weighted by Crippen LogP contribution is 2.02. The lowest BCUT2D eigenvalue weighted by Gasteiger charge is -2.36. The van der Waals surface area contributed by atoms with Gasteiger partial charge in [0.1, 0.15) is 0 Å². The highest BCUT2D eigenvalue weighted by Gasteiger charge is 2.21. The van der Waals surface area contributed by atoms with Crippen LogP contribution >= 0.6 is 12.4 Å². The van der Waals surface area contributed by atoms with Gasteiger partial charge in [-0.3, -0.25) is 4.90 Å². The van der Waals surface area contributed by atoms with Crippen LogP contribution < -0.4 is 5.73 Å². The molecule has 0 aromatic rings. The van der Waals surface area contributed by atoms with Crippen LogP contribution in [0.1, 0.15) is 0 Å². The number of hydrogen-bond donors (Lipinski definition) is 1. The van der Waals surface area contributed by atoms with Crippen molar-refractivity contribution < 1.29 is 4.74 Å². The molecule has 10 heavy (non-hydrogen) atoms. The molecule has 0 saturated carbocycles. The third-order valence-corrected chi connectivity index (χ3v) is 1.60. The Morgan fingerprint density at radius 2 is 2.20 bits per heavy atom. The summed E-state index contributed by atoms with van der Waals surface area (Å²) in [6, 6.07) is 0.418. The van der Waals surface area contributed by atoms with Crippen LogP contribution in [0, 0.1) is 0 Å². The number of halogens is 1. The number of rotatable bonds is 3. The van der Waals surface area contributed by atoms with Gasteiger partial charge in [-0.15, -0.1) is 12.4 Å². The average Bonchev–Trinajstić information content (AvgIpc) is 1.78. The van der Waals surface area contributed by atoms with Gasteiger partial charge in [-0.2, -0.15) is 0 Å². The fourth-order valence-electron chi connectivity index (χ4n) is 1.01. The van der Waals surface area contributed by atoms with E-state index in [1.54, 1.807) is 7.11 Å². The number of ether oxygens (including phenoxy) is 1. The van der Waals surface area contributed by atoms with Crippen molar-refractivity contribution >= 4 is 12.4 Å². The molecule has 0 aromatic heterocycles. The molecular weight excluding hydrogens is 152 g/mol. The quantitative estimate of drug-likeness (QED) is 0.626. The normalized spacial score (nSPS) is 19.8. The van der Waals surface area contributed by atoms with Crippen molar-refractivity contribution in [3.63, 3.8) is 0 Å². The van der Waals surface area contributed by atoms with Gasteiger partial charge in [0, 0.05) is 32.8 Å². The Kier molecular flexibility index (Phi) is 4.99. The van der Waals surface area contributed by atoms with Crippen molar-refractivity contribution in [2.24, 2.45) is 5.73 Å². The molecule has 1 heterocycles. The number of nitrogens with two attached hydrogens (primary N) is 1. The van der Waals surface area contributed by atoms with E-state index in [1.165, 1.54) is 0 Å². The van der Waals surface area contributed by atoms with Crippen molar-refractivity contribution in [1.29, 1.82) is 0 Å². The zero-order valence-electron chi connectivity index (χ0n) is 6.25. The molecule has 1 fully saturated rings. The van der Waals surface area contributed by atoms with Crippen molar-refractivity contribution in [3.8, 4) is 0 Å². The Labute approximate surface area is 67.9 Å². The zero-order chi connectivity index (χ0) is 6.69. The van der Waals surface area contributed by atoms with E-state index < -0.39 is 0 Å². The summed E-state index contributed by atoms with van der Waals surface area (Å²) in [5, 5.41) is 0. The van der Waals surface area contributed by atoms with Crippen LogP contribution in [0.2, 0.25) is 0 Å². The van der Waals surface area contributed by atoms with E-state index in [0.717, 1.165) is 26.2 Å². The second-order valence-corrected chi connectivity index (χ2v) is 2.51. The van der Waals surface area contributed by atoms with Gasteiger partial charge in [-0.1, -0.05) is 0 Å². The summed E-state index contributed by atoms with van der Waals surface area (Å²) in [4.78, 5) is 2.29. The van der Waals surface area contributed by atoms with Crippen molar-refractivity contribution in [3.05, 3.63) is 0 Å². The molecule has 0 unspecified atom stereocenters. The summed E-state index contributed by atoms with van der Waals surface area (Å²) in [6.07, 6.45) is 0. The van der Waals surface area contributed by atoms with E-state index in [1.807, 2.05) is 0 Å². The molecule has 0 bridgehead atoms. The molecule has 1 aliphatic heterocycles. The molecule has 0 radical (unpaired) electrons. The van der Waals surface area contributed by atoms with Gasteiger partial charge in [-0.25, -0.2) is 0 Å². The molecule has 1 rings (SSSR count). The maximum atomic E-state index is 5.56. The van der Waals surface area contributed by atoms with E-state index in [-0.39, 0.29) is 12.4 Å². The predicted octanol–water partition coefficient (Wildman–Crippen LogP) is -0.302. The molecule has 0 amide bonds.